The Balaban J connectivity index is 1.80. The van der Waals surface area contributed by atoms with E-state index in [9.17, 15) is 18.0 Å². The summed E-state index contributed by atoms with van der Waals surface area (Å²) in [4.78, 5) is 22.1. The predicted molar refractivity (Wildman–Crippen MR) is 59.1 cm³/mol. The van der Waals surface area contributed by atoms with Gasteiger partial charge in [-0.25, -0.2) is 8.42 Å². The average molecular weight is 261 g/mol. The van der Waals surface area contributed by atoms with Gasteiger partial charge < -0.3 is 10.4 Å². The average Bonchev–Trinajstić information content (AvgIpc) is 2.96. The van der Waals surface area contributed by atoms with Crippen molar-refractivity contribution in [3.63, 3.8) is 0 Å². The van der Waals surface area contributed by atoms with Crippen LogP contribution in [0.25, 0.3) is 0 Å². The molecule has 0 bridgehead atoms. The standard InChI is InChI=1S/C10H15NO5S/c12-9(7-4-8(7)10(13)14)11-5-6-2-1-3-17(6,15)16/h6-8H,1-5H2,(H,11,12)(H,13,14)/t6?,7-,8+/m1/s1. The van der Waals surface area contributed by atoms with Gasteiger partial charge in [-0.2, -0.15) is 0 Å². The summed E-state index contributed by atoms with van der Waals surface area (Å²) in [7, 11) is -3.05. The molecule has 3 atom stereocenters. The molecule has 2 fully saturated rings. The molecule has 2 rings (SSSR count). The number of hydrogen-bond acceptors (Lipinski definition) is 4. The molecule has 0 radical (unpaired) electrons. The zero-order valence-electron chi connectivity index (χ0n) is 9.26. The van der Waals surface area contributed by atoms with Gasteiger partial charge >= 0.3 is 5.97 Å². The van der Waals surface area contributed by atoms with Crippen molar-refractivity contribution >= 4 is 21.7 Å². The fourth-order valence-corrected chi connectivity index (χ4v) is 3.96. The molecule has 17 heavy (non-hydrogen) atoms. The van der Waals surface area contributed by atoms with E-state index in [4.69, 9.17) is 5.11 Å². The lowest BCUT2D eigenvalue weighted by molar-refractivity contribution is -0.140. The molecule has 1 heterocycles. The molecule has 1 unspecified atom stereocenters. The maximum atomic E-state index is 11.5. The van der Waals surface area contributed by atoms with Crippen LogP contribution < -0.4 is 5.32 Å². The highest BCUT2D eigenvalue weighted by molar-refractivity contribution is 7.92. The third-order valence-electron chi connectivity index (χ3n) is 3.41. The highest BCUT2D eigenvalue weighted by Gasteiger charge is 2.48. The van der Waals surface area contributed by atoms with Crippen LogP contribution in [0.2, 0.25) is 0 Å². The number of carboxylic acid groups (broad SMARTS) is 1. The van der Waals surface area contributed by atoms with E-state index in [0.717, 1.165) is 0 Å². The highest BCUT2D eigenvalue weighted by Crippen LogP contribution is 2.38. The summed E-state index contributed by atoms with van der Waals surface area (Å²) in [6.45, 7) is 0.115. The molecule has 96 valence electrons. The Kier molecular flexibility index (Phi) is 3.11. The van der Waals surface area contributed by atoms with Gasteiger partial charge in [-0.1, -0.05) is 0 Å². The Bertz CT molecular complexity index is 444. The van der Waals surface area contributed by atoms with Gasteiger partial charge in [0.2, 0.25) is 5.91 Å². The Morgan fingerprint density at radius 1 is 1.29 bits per heavy atom. The molecule has 6 nitrogen and oxygen atoms in total. The van der Waals surface area contributed by atoms with E-state index in [1.807, 2.05) is 0 Å². The van der Waals surface area contributed by atoms with Gasteiger partial charge in [0.1, 0.15) is 0 Å². The largest absolute Gasteiger partial charge is 0.481 e. The fraction of sp³-hybridized carbons (Fsp3) is 0.800. The summed E-state index contributed by atoms with van der Waals surface area (Å²) >= 11 is 0. The van der Waals surface area contributed by atoms with Crippen LogP contribution in [0.4, 0.5) is 0 Å². The van der Waals surface area contributed by atoms with Gasteiger partial charge in [-0.15, -0.1) is 0 Å². The monoisotopic (exact) mass is 261 g/mol. The van der Waals surface area contributed by atoms with Crippen LogP contribution in [0.5, 0.6) is 0 Å². The number of hydrogen-bond donors (Lipinski definition) is 2. The second-order valence-electron chi connectivity index (χ2n) is 4.66. The lowest BCUT2D eigenvalue weighted by atomic mass is 10.2. The number of nitrogens with one attached hydrogen (secondary N) is 1. The molecule has 2 aliphatic rings. The first kappa shape index (κ1) is 12.3. The molecule has 0 aromatic heterocycles. The van der Waals surface area contributed by atoms with E-state index in [1.54, 1.807) is 0 Å². The minimum Gasteiger partial charge on any atom is -0.481 e. The Morgan fingerprint density at radius 2 is 2.00 bits per heavy atom. The van der Waals surface area contributed by atoms with Gasteiger partial charge in [0, 0.05) is 6.54 Å². The summed E-state index contributed by atoms with van der Waals surface area (Å²) < 4.78 is 23.0. The molecule has 1 saturated heterocycles. The van der Waals surface area contributed by atoms with Crippen molar-refractivity contribution in [2.24, 2.45) is 11.8 Å². The van der Waals surface area contributed by atoms with Crippen LogP contribution in [0.15, 0.2) is 0 Å². The summed E-state index contributed by atoms with van der Waals surface area (Å²) in [5.41, 5.74) is 0. The first-order valence-electron chi connectivity index (χ1n) is 5.64. The van der Waals surface area contributed by atoms with Crippen LogP contribution in [0, 0.1) is 11.8 Å². The quantitative estimate of drug-likeness (QED) is 0.704. The number of amides is 1. The first-order valence-corrected chi connectivity index (χ1v) is 7.35. The molecule has 1 amide bonds. The fourth-order valence-electron chi connectivity index (χ4n) is 2.19. The van der Waals surface area contributed by atoms with Crippen LogP contribution >= 0.6 is 0 Å². The van der Waals surface area contributed by atoms with Crippen molar-refractivity contribution in [1.82, 2.24) is 5.32 Å². The van der Waals surface area contributed by atoms with Crippen LogP contribution in [0.1, 0.15) is 19.3 Å². The van der Waals surface area contributed by atoms with E-state index in [1.165, 1.54) is 0 Å². The molecule has 1 saturated carbocycles. The number of sulfone groups is 1. The second kappa shape index (κ2) is 4.29. The zero-order chi connectivity index (χ0) is 12.6. The zero-order valence-corrected chi connectivity index (χ0v) is 10.1. The number of rotatable bonds is 4. The molecule has 1 aliphatic heterocycles. The third kappa shape index (κ3) is 2.59. The van der Waals surface area contributed by atoms with E-state index >= 15 is 0 Å². The van der Waals surface area contributed by atoms with Crippen molar-refractivity contribution in [3.05, 3.63) is 0 Å². The maximum Gasteiger partial charge on any atom is 0.307 e. The minimum atomic E-state index is -3.05. The SMILES string of the molecule is O=C(O)[C@H]1C[C@H]1C(=O)NCC1CCCS1(=O)=O. The van der Waals surface area contributed by atoms with Crippen LogP contribution in [-0.4, -0.2) is 42.9 Å². The minimum absolute atomic E-state index is 0.115. The van der Waals surface area contributed by atoms with Crippen molar-refractivity contribution in [3.8, 4) is 0 Å². The topological polar surface area (TPSA) is 101 Å². The van der Waals surface area contributed by atoms with E-state index < -0.39 is 32.9 Å². The summed E-state index contributed by atoms with van der Waals surface area (Å²) in [5, 5.41) is 10.7. The second-order valence-corrected chi connectivity index (χ2v) is 7.06. The molecule has 0 aromatic carbocycles. The molecular weight excluding hydrogens is 246 g/mol. The normalized spacial score (nSPS) is 34.2. The molecule has 0 spiro atoms. The van der Waals surface area contributed by atoms with E-state index in [-0.39, 0.29) is 18.2 Å². The van der Waals surface area contributed by atoms with Gasteiger partial charge in [0.05, 0.1) is 22.8 Å². The molecular formula is C10H15NO5S. The molecule has 1 aliphatic carbocycles. The Labute approximate surface area is 99.3 Å². The number of carbonyl (C=O) groups excluding carboxylic acids is 1. The summed E-state index contributed by atoms with van der Waals surface area (Å²) in [6.07, 6.45) is 1.58. The summed E-state index contributed by atoms with van der Waals surface area (Å²) in [5.74, 6) is -2.17. The van der Waals surface area contributed by atoms with Gasteiger partial charge in [-0.3, -0.25) is 9.59 Å². The number of carbonyl (C=O) groups is 2. The van der Waals surface area contributed by atoms with Crippen molar-refractivity contribution in [1.29, 1.82) is 0 Å². The van der Waals surface area contributed by atoms with Crippen molar-refractivity contribution < 1.29 is 23.1 Å². The number of aliphatic carboxylic acids is 1. The lowest BCUT2D eigenvalue weighted by Gasteiger charge is -2.10. The third-order valence-corrected chi connectivity index (χ3v) is 5.69. The van der Waals surface area contributed by atoms with Gasteiger partial charge in [-0.05, 0) is 19.3 Å². The smallest absolute Gasteiger partial charge is 0.307 e. The first-order chi connectivity index (χ1) is 7.92. The molecule has 7 heteroatoms. The van der Waals surface area contributed by atoms with Crippen LogP contribution in [0.3, 0.4) is 0 Å². The predicted octanol–water partition coefficient (Wildman–Crippen LogP) is -0.599. The van der Waals surface area contributed by atoms with Crippen molar-refractivity contribution in [2.45, 2.75) is 24.5 Å². The number of carboxylic acids is 1. The van der Waals surface area contributed by atoms with Crippen molar-refractivity contribution in [2.75, 3.05) is 12.3 Å². The Morgan fingerprint density at radius 3 is 2.47 bits per heavy atom. The van der Waals surface area contributed by atoms with E-state index in [2.05, 4.69) is 5.32 Å². The molecule has 2 N–H and O–H groups in total. The van der Waals surface area contributed by atoms with Gasteiger partial charge in [0.25, 0.3) is 0 Å². The van der Waals surface area contributed by atoms with E-state index in [0.29, 0.717) is 19.3 Å². The Hall–Kier alpha value is -1.11. The van der Waals surface area contributed by atoms with Gasteiger partial charge in [0.15, 0.2) is 9.84 Å². The lowest BCUT2D eigenvalue weighted by Crippen LogP contribution is -2.35. The molecule has 0 aromatic rings. The maximum absolute atomic E-state index is 11.5. The summed E-state index contributed by atoms with van der Waals surface area (Å²) in [6, 6.07) is 0. The van der Waals surface area contributed by atoms with Crippen LogP contribution in [-0.2, 0) is 19.4 Å². The highest BCUT2D eigenvalue weighted by atomic mass is 32.2.